The van der Waals surface area contributed by atoms with Gasteiger partial charge in [0.15, 0.2) is 6.04 Å². The van der Waals surface area contributed by atoms with Crippen molar-refractivity contribution in [1.29, 1.82) is 0 Å². The van der Waals surface area contributed by atoms with E-state index in [1.807, 2.05) is 0 Å². The number of benzene rings is 1. The van der Waals surface area contributed by atoms with E-state index in [-0.39, 0.29) is 24.0 Å². The lowest BCUT2D eigenvalue weighted by atomic mass is 10.1. The Morgan fingerprint density at radius 2 is 1.91 bits per heavy atom. The lowest BCUT2D eigenvalue weighted by Crippen LogP contribution is -2.52. The van der Waals surface area contributed by atoms with Crippen LogP contribution in [-0.2, 0) is 20.9 Å². The van der Waals surface area contributed by atoms with E-state index in [1.54, 1.807) is 25.1 Å². The van der Waals surface area contributed by atoms with Crippen LogP contribution in [0.4, 0.5) is 4.39 Å². The summed E-state index contributed by atoms with van der Waals surface area (Å²) >= 11 is 0. The third-order valence-electron chi connectivity index (χ3n) is 5.24. The van der Waals surface area contributed by atoms with Crippen LogP contribution in [0.15, 0.2) is 77.7 Å². The van der Waals surface area contributed by atoms with Gasteiger partial charge in [0.1, 0.15) is 17.3 Å². The molecule has 0 fully saturated rings. The number of amidine groups is 1. The molecule has 1 aromatic heterocycles. The van der Waals surface area contributed by atoms with E-state index in [4.69, 9.17) is 0 Å². The van der Waals surface area contributed by atoms with Crippen molar-refractivity contribution in [2.24, 2.45) is 4.99 Å². The van der Waals surface area contributed by atoms with Crippen LogP contribution < -0.4 is 5.32 Å². The highest BCUT2D eigenvalue weighted by molar-refractivity contribution is 6.47. The number of rotatable bonds is 6. The minimum absolute atomic E-state index is 0.0365. The van der Waals surface area contributed by atoms with Gasteiger partial charge < -0.3 is 10.2 Å². The minimum atomic E-state index is -1.57. The lowest BCUT2D eigenvalue weighted by molar-refractivity contribution is -0.144. The molecule has 0 bridgehead atoms. The van der Waals surface area contributed by atoms with Crippen LogP contribution in [-0.4, -0.2) is 56.7 Å². The number of likely N-dealkylation sites (N-methyl/N-ethyl adjacent to an activating group) is 1. The second kappa shape index (κ2) is 9.57. The molecule has 1 N–H and O–H groups in total. The SMILES string of the molecule is CCN(C(=O)c1ccccn1)C1=CC2=NC(C(=O)NCc3ccc(F)cc3)C(=O)C(=O)N2C=C1. The van der Waals surface area contributed by atoms with Crippen molar-refractivity contribution in [3.05, 3.63) is 89.8 Å². The molecule has 3 heterocycles. The summed E-state index contributed by atoms with van der Waals surface area (Å²) in [6.45, 7) is 2.13. The molecule has 9 nitrogen and oxygen atoms in total. The van der Waals surface area contributed by atoms with Crippen LogP contribution in [0.1, 0.15) is 23.0 Å². The minimum Gasteiger partial charge on any atom is -0.350 e. The van der Waals surface area contributed by atoms with Gasteiger partial charge in [-0.1, -0.05) is 18.2 Å². The number of carbonyl (C=O) groups is 4. The van der Waals surface area contributed by atoms with Crippen molar-refractivity contribution in [3.63, 3.8) is 0 Å². The molecule has 3 amide bonds. The molecule has 34 heavy (non-hydrogen) atoms. The molecule has 0 radical (unpaired) electrons. The number of fused-ring (bicyclic) bond motifs is 1. The summed E-state index contributed by atoms with van der Waals surface area (Å²) in [4.78, 5) is 61.4. The zero-order valence-electron chi connectivity index (χ0n) is 18.1. The topological polar surface area (TPSA) is 112 Å². The molecule has 2 aromatic rings. The molecule has 0 spiro atoms. The van der Waals surface area contributed by atoms with E-state index in [9.17, 15) is 23.6 Å². The molecule has 1 unspecified atom stereocenters. The zero-order chi connectivity index (χ0) is 24.2. The first-order chi connectivity index (χ1) is 16.4. The van der Waals surface area contributed by atoms with Crippen LogP contribution in [0.2, 0.25) is 0 Å². The Balaban J connectivity index is 1.56. The molecule has 0 aliphatic carbocycles. The van der Waals surface area contributed by atoms with Crippen molar-refractivity contribution in [2.45, 2.75) is 19.5 Å². The average Bonchev–Trinajstić information content (AvgIpc) is 2.86. The Morgan fingerprint density at radius 3 is 2.59 bits per heavy atom. The Labute approximate surface area is 194 Å². The normalized spacial score (nSPS) is 17.0. The number of pyridine rings is 1. The molecule has 1 aromatic carbocycles. The number of aliphatic imine (C=N–C) groups is 1. The van der Waals surface area contributed by atoms with Gasteiger partial charge in [-0.2, -0.15) is 0 Å². The quantitative estimate of drug-likeness (QED) is 0.519. The van der Waals surface area contributed by atoms with Crippen molar-refractivity contribution in [3.8, 4) is 0 Å². The van der Waals surface area contributed by atoms with E-state index in [2.05, 4.69) is 15.3 Å². The van der Waals surface area contributed by atoms with E-state index < -0.39 is 29.5 Å². The fourth-order valence-electron chi connectivity index (χ4n) is 3.48. The van der Waals surface area contributed by atoms with Crippen LogP contribution in [0, 0.1) is 5.82 Å². The lowest BCUT2D eigenvalue weighted by Gasteiger charge is -2.30. The first-order valence-electron chi connectivity index (χ1n) is 10.5. The van der Waals surface area contributed by atoms with Gasteiger partial charge in [0.25, 0.3) is 17.6 Å². The molecular formula is C24H20FN5O4. The monoisotopic (exact) mass is 461 g/mol. The number of nitrogens with one attached hydrogen (secondary N) is 1. The summed E-state index contributed by atoms with van der Waals surface area (Å²) in [5.74, 6) is -3.33. The van der Waals surface area contributed by atoms with Crippen LogP contribution in [0.5, 0.6) is 0 Å². The third kappa shape index (κ3) is 4.51. The fourth-order valence-corrected chi connectivity index (χ4v) is 3.48. The summed E-state index contributed by atoms with van der Waals surface area (Å²) in [6, 6.07) is 8.92. The molecule has 172 valence electrons. The molecule has 2 aliphatic heterocycles. The van der Waals surface area contributed by atoms with E-state index >= 15 is 0 Å². The number of hydrogen-bond donors (Lipinski definition) is 1. The average molecular weight is 461 g/mol. The van der Waals surface area contributed by atoms with Gasteiger partial charge in [-0.05, 0) is 42.8 Å². The summed E-state index contributed by atoms with van der Waals surface area (Å²) in [5, 5.41) is 2.55. The summed E-state index contributed by atoms with van der Waals surface area (Å²) in [6.07, 6.45) is 5.84. The van der Waals surface area contributed by atoms with Crippen molar-refractivity contribution >= 4 is 29.3 Å². The summed E-state index contributed by atoms with van der Waals surface area (Å²) in [7, 11) is 0. The van der Waals surface area contributed by atoms with E-state index in [0.29, 0.717) is 17.8 Å². The van der Waals surface area contributed by atoms with Crippen molar-refractivity contribution in [1.82, 2.24) is 20.1 Å². The summed E-state index contributed by atoms with van der Waals surface area (Å²) < 4.78 is 13.1. The largest absolute Gasteiger partial charge is 0.350 e. The van der Waals surface area contributed by atoms with Gasteiger partial charge in [-0.3, -0.25) is 29.1 Å². The Bertz CT molecular complexity index is 1240. The Hall–Kier alpha value is -4.47. The first kappa shape index (κ1) is 22.7. The molecule has 1 atom stereocenters. The summed E-state index contributed by atoms with van der Waals surface area (Å²) in [5.41, 5.74) is 1.30. The maximum Gasteiger partial charge on any atom is 0.302 e. The number of carbonyl (C=O) groups excluding carboxylic acids is 4. The molecule has 2 aliphatic rings. The maximum absolute atomic E-state index is 13.1. The van der Waals surface area contributed by atoms with Gasteiger partial charge in [-0.25, -0.2) is 9.38 Å². The number of amides is 3. The van der Waals surface area contributed by atoms with Gasteiger partial charge in [-0.15, -0.1) is 0 Å². The van der Waals surface area contributed by atoms with Crippen LogP contribution in [0.3, 0.4) is 0 Å². The number of hydrogen-bond acceptors (Lipinski definition) is 6. The second-order valence-corrected chi connectivity index (χ2v) is 7.42. The zero-order valence-corrected chi connectivity index (χ0v) is 18.1. The number of Topliss-reactive ketones (excluding diaryl/α,β-unsaturated/α-hetero) is 1. The van der Waals surface area contributed by atoms with Crippen molar-refractivity contribution < 1.29 is 23.6 Å². The number of nitrogens with zero attached hydrogens (tertiary/aromatic N) is 4. The smallest absolute Gasteiger partial charge is 0.302 e. The van der Waals surface area contributed by atoms with Gasteiger partial charge >= 0.3 is 5.91 Å². The van der Waals surface area contributed by atoms with Gasteiger partial charge in [0.05, 0.1) is 0 Å². The molecule has 4 rings (SSSR count). The molecule has 0 saturated heterocycles. The van der Waals surface area contributed by atoms with Gasteiger partial charge in [0, 0.05) is 37.3 Å². The Morgan fingerprint density at radius 1 is 1.15 bits per heavy atom. The predicted octanol–water partition coefficient (Wildman–Crippen LogP) is 1.59. The second-order valence-electron chi connectivity index (χ2n) is 7.42. The maximum atomic E-state index is 13.1. The number of ketones is 1. The standard InChI is InChI=1S/C24H20FN5O4/c1-2-29(23(33)18-5-3-4-11-26-18)17-10-12-30-19(13-17)28-20(21(31)24(30)34)22(32)27-14-15-6-8-16(25)9-7-15/h3-13,20H,2,14H2,1H3,(H,27,32). The Kier molecular flexibility index (Phi) is 6.39. The number of aromatic nitrogens is 1. The van der Waals surface area contributed by atoms with Crippen molar-refractivity contribution in [2.75, 3.05) is 6.54 Å². The first-order valence-corrected chi connectivity index (χ1v) is 10.5. The highest BCUT2D eigenvalue weighted by Gasteiger charge is 2.40. The van der Waals surface area contributed by atoms with Gasteiger partial charge in [0.2, 0.25) is 0 Å². The highest BCUT2D eigenvalue weighted by atomic mass is 19.1. The number of halogens is 1. The third-order valence-corrected chi connectivity index (χ3v) is 5.24. The van der Waals surface area contributed by atoms with Crippen LogP contribution in [0.25, 0.3) is 0 Å². The van der Waals surface area contributed by atoms with E-state index in [0.717, 1.165) is 4.90 Å². The molecular weight excluding hydrogens is 441 g/mol. The number of allylic oxidation sites excluding steroid dienone is 1. The van der Waals surface area contributed by atoms with Crippen LogP contribution >= 0.6 is 0 Å². The van der Waals surface area contributed by atoms with E-state index in [1.165, 1.54) is 53.7 Å². The highest BCUT2D eigenvalue weighted by Crippen LogP contribution is 2.20. The fraction of sp³-hybridized carbons (Fsp3) is 0.167. The predicted molar refractivity (Wildman–Crippen MR) is 119 cm³/mol. The molecule has 0 saturated carbocycles. The molecule has 10 heteroatoms.